The summed E-state index contributed by atoms with van der Waals surface area (Å²) < 4.78 is 8.09. The minimum atomic E-state index is -0.0969. The van der Waals surface area contributed by atoms with Crippen molar-refractivity contribution < 1.29 is 9.53 Å². The van der Waals surface area contributed by atoms with Crippen LogP contribution < -0.4 is 4.74 Å². The van der Waals surface area contributed by atoms with E-state index in [9.17, 15) is 4.79 Å². The first-order chi connectivity index (χ1) is 12.1. The average Bonchev–Trinajstić information content (AvgIpc) is 3.16. The third-order valence-corrected chi connectivity index (χ3v) is 4.38. The van der Waals surface area contributed by atoms with Crippen LogP contribution in [0, 0.1) is 0 Å². The molecule has 0 N–H and O–H groups in total. The van der Waals surface area contributed by atoms with Crippen LogP contribution in [0.25, 0.3) is 5.69 Å². The summed E-state index contributed by atoms with van der Waals surface area (Å²) >= 11 is 3.49. The van der Waals surface area contributed by atoms with Crippen LogP contribution >= 0.6 is 15.9 Å². The Morgan fingerprint density at radius 3 is 2.64 bits per heavy atom. The number of carbonyl (C=O) groups excluding carboxylic acids is 1. The first kappa shape index (κ1) is 17.1. The molecule has 8 heteroatoms. The van der Waals surface area contributed by atoms with Crippen molar-refractivity contribution in [1.82, 2.24) is 25.1 Å². The Morgan fingerprint density at radius 1 is 1.20 bits per heavy atom. The lowest BCUT2D eigenvalue weighted by Crippen LogP contribution is -2.31. The fourth-order valence-electron chi connectivity index (χ4n) is 2.20. The summed E-state index contributed by atoms with van der Waals surface area (Å²) in [6.07, 6.45) is 1.51. The molecule has 25 heavy (non-hydrogen) atoms. The van der Waals surface area contributed by atoms with Crippen LogP contribution in [0.3, 0.4) is 0 Å². The topological polar surface area (TPSA) is 73.1 Å². The van der Waals surface area contributed by atoms with Crippen molar-refractivity contribution in [3.8, 4) is 11.4 Å². The highest BCUT2D eigenvalue weighted by molar-refractivity contribution is 9.10. The smallest absolute Gasteiger partial charge is 0.260 e. The SMILES string of the molecule is CN(Cc1ccccc1Br)C(=O)COc1ccc(-n2cnnn2)cc1. The van der Waals surface area contributed by atoms with Crippen LogP contribution in [0.5, 0.6) is 5.75 Å². The number of carbonyl (C=O) groups is 1. The van der Waals surface area contributed by atoms with E-state index in [2.05, 4.69) is 31.5 Å². The molecule has 0 aliphatic heterocycles. The number of halogens is 1. The lowest BCUT2D eigenvalue weighted by atomic mass is 10.2. The summed E-state index contributed by atoms with van der Waals surface area (Å²) in [6.45, 7) is 0.493. The van der Waals surface area contributed by atoms with Gasteiger partial charge < -0.3 is 9.64 Å². The molecule has 1 heterocycles. The monoisotopic (exact) mass is 401 g/mol. The molecule has 0 aliphatic carbocycles. The minimum Gasteiger partial charge on any atom is -0.484 e. The highest BCUT2D eigenvalue weighted by atomic mass is 79.9. The zero-order valence-electron chi connectivity index (χ0n) is 13.5. The Kier molecular flexibility index (Phi) is 5.39. The van der Waals surface area contributed by atoms with Crippen LogP contribution in [0.4, 0.5) is 0 Å². The number of nitrogens with zero attached hydrogens (tertiary/aromatic N) is 5. The summed E-state index contributed by atoms with van der Waals surface area (Å²) in [5, 5.41) is 11.0. The molecular formula is C17H16BrN5O2. The first-order valence-corrected chi connectivity index (χ1v) is 8.36. The molecule has 0 atom stereocenters. The molecule has 0 fully saturated rings. The Hall–Kier alpha value is -2.74. The Labute approximate surface area is 153 Å². The van der Waals surface area contributed by atoms with Gasteiger partial charge in [-0.25, -0.2) is 4.68 Å². The Morgan fingerprint density at radius 2 is 1.96 bits per heavy atom. The summed E-state index contributed by atoms with van der Waals surface area (Å²) in [6, 6.07) is 15.0. The van der Waals surface area contributed by atoms with Gasteiger partial charge in [-0.05, 0) is 46.3 Å². The van der Waals surface area contributed by atoms with Crippen LogP contribution in [0.15, 0.2) is 59.3 Å². The van der Waals surface area contributed by atoms with Gasteiger partial charge in [-0.15, -0.1) is 5.10 Å². The van der Waals surface area contributed by atoms with Gasteiger partial charge in [-0.2, -0.15) is 0 Å². The lowest BCUT2D eigenvalue weighted by Gasteiger charge is -2.18. The normalized spacial score (nSPS) is 10.5. The van der Waals surface area contributed by atoms with E-state index in [4.69, 9.17) is 4.74 Å². The molecule has 7 nitrogen and oxygen atoms in total. The van der Waals surface area contributed by atoms with E-state index in [1.807, 2.05) is 36.4 Å². The molecule has 1 amide bonds. The fourth-order valence-corrected chi connectivity index (χ4v) is 2.61. The number of hydrogen-bond acceptors (Lipinski definition) is 5. The molecule has 0 bridgehead atoms. The van der Waals surface area contributed by atoms with Crippen LogP contribution in [0.1, 0.15) is 5.56 Å². The molecule has 3 aromatic rings. The van der Waals surface area contributed by atoms with Crippen molar-refractivity contribution >= 4 is 21.8 Å². The zero-order valence-corrected chi connectivity index (χ0v) is 15.1. The molecule has 2 aromatic carbocycles. The first-order valence-electron chi connectivity index (χ1n) is 7.57. The molecule has 0 saturated heterocycles. The summed E-state index contributed by atoms with van der Waals surface area (Å²) in [5.74, 6) is 0.514. The van der Waals surface area contributed by atoms with Gasteiger partial charge in [-0.1, -0.05) is 34.1 Å². The van der Waals surface area contributed by atoms with Crippen LogP contribution in [-0.2, 0) is 11.3 Å². The largest absolute Gasteiger partial charge is 0.484 e. The maximum absolute atomic E-state index is 12.2. The predicted molar refractivity (Wildman–Crippen MR) is 95.3 cm³/mol. The third-order valence-electron chi connectivity index (χ3n) is 3.60. The fraction of sp³-hybridized carbons (Fsp3) is 0.176. The predicted octanol–water partition coefficient (Wildman–Crippen LogP) is 2.46. The van der Waals surface area contributed by atoms with E-state index < -0.39 is 0 Å². The number of ether oxygens (including phenoxy) is 1. The highest BCUT2D eigenvalue weighted by Crippen LogP contribution is 2.18. The van der Waals surface area contributed by atoms with Crippen molar-refractivity contribution in [2.24, 2.45) is 0 Å². The van der Waals surface area contributed by atoms with E-state index in [1.165, 1.54) is 6.33 Å². The molecule has 0 spiro atoms. The van der Waals surface area contributed by atoms with E-state index in [-0.39, 0.29) is 12.5 Å². The van der Waals surface area contributed by atoms with Crippen molar-refractivity contribution in [2.75, 3.05) is 13.7 Å². The van der Waals surface area contributed by atoms with Gasteiger partial charge in [0.15, 0.2) is 6.61 Å². The molecular weight excluding hydrogens is 386 g/mol. The van der Waals surface area contributed by atoms with Crippen LogP contribution in [-0.4, -0.2) is 44.7 Å². The van der Waals surface area contributed by atoms with Crippen molar-refractivity contribution in [3.63, 3.8) is 0 Å². The quantitative estimate of drug-likeness (QED) is 0.634. The number of amides is 1. The van der Waals surface area contributed by atoms with Crippen molar-refractivity contribution in [2.45, 2.75) is 6.54 Å². The number of benzene rings is 2. The Bertz CT molecular complexity index is 837. The molecule has 3 rings (SSSR count). The maximum Gasteiger partial charge on any atom is 0.260 e. The number of aromatic nitrogens is 4. The van der Waals surface area contributed by atoms with E-state index in [0.29, 0.717) is 12.3 Å². The van der Waals surface area contributed by atoms with Crippen molar-refractivity contribution in [1.29, 1.82) is 0 Å². The second-order valence-electron chi connectivity index (χ2n) is 5.38. The van der Waals surface area contributed by atoms with E-state index in [1.54, 1.807) is 28.8 Å². The summed E-state index contributed by atoms with van der Waals surface area (Å²) in [4.78, 5) is 13.9. The van der Waals surface area contributed by atoms with Crippen molar-refractivity contribution in [3.05, 3.63) is 64.9 Å². The molecule has 1 aromatic heterocycles. The molecule has 0 aliphatic rings. The number of tetrazole rings is 1. The second kappa shape index (κ2) is 7.89. The molecule has 0 radical (unpaired) electrons. The number of likely N-dealkylation sites (N-methyl/N-ethyl adjacent to an activating group) is 1. The second-order valence-corrected chi connectivity index (χ2v) is 6.23. The van der Waals surface area contributed by atoms with Gasteiger partial charge >= 0.3 is 0 Å². The van der Waals surface area contributed by atoms with Gasteiger partial charge in [0.1, 0.15) is 12.1 Å². The molecule has 0 unspecified atom stereocenters. The number of rotatable bonds is 6. The summed E-state index contributed by atoms with van der Waals surface area (Å²) in [7, 11) is 1.76. The van der Waals surface area contributed by atoms with Gasteiger partial charge in [0, 0.05) is 18.1 Å². The zero-order chi connectivity index (χ0) is 17.6. The van der Waals surface area contributed by atoms with E-state index >= 15 is 0 Å². The van der Waals surface area contributed by atoms with Gasteiger partial charge in [0.2, 0.25) is 0 Å². The standard InChI is InChI=1S/C17H16BrN5O2/c1-22(10-13-4-2-3-5-16(13)18)17(24)11-25-15-8-6-14(7-9-15)23-12-19-20-21-23/h2-9,12H,10-11H2,1H3. The van der Waals surface area contributed by atoms with Gasteiger partial charge in [0.25, 0.3) is 5.91 Å². The number of hydrogen-bond donors (Lipinski definition) is 0. The molecule has 0 saturated carbocycles. The molecule has 128 valence electrons. The highest BCUT2D eigenvalue weighted by Gasteiger charge is 2.11. The summed E-state index contributed by atoms with van der Waals surface area (Å²) in [5.41, 5.74) is 1.86. The van der Waals surface area contributed by atoms with Crippen LogP contribution in [0.2, 0.25) is 0 Å². The van der Waals surface area contributed by atoms with Gasteiger partial charge in [0.05, 0.1) is 5.69 Å². The van der Waals surface area contributed by atoms with Gasteiger partial charge in [-0.3, -0.25) is 4.79 Å². The maximum atomic E-state index is 12.2. The lowest BCUT2D eigenvalue weighted by molar-refractivity contribution is -0.132. The van der Waals surface area contributed by atoms with E-state index in [0.717, 1.165) is 15.7 Å². The Balaban J connectivity index is 1.54. The third kappa shape index (κ3) is 4.42. The average molecular weight is 402 g/mol. The minimum absolute atomic E-state index is 0.0226.